The average molecular weight is 901 g/mol. The Kier molecular flexibility index (Phi) is 16.2. The maximum atomic E-state index is 14.4. The highest BCUT2D eigenvalue weighted by atomic mass is 31.2. The molecule has 4 saturated carbocycles. The normalized spacial score (nSPS) is 29.6. The zero-order chi connectivity index (χ0) is 45.3. The van der Waals surface area contributed by atoms with E-state index in [1.54, 1.807) is 0 Å². The quantitative estimate of drug-likeness (QED) is 0.0632. The van der Waals surface area contributed by atoms with Gasteiger partial charge in [0, 0.05) is 12.8 Å². The first-order valence-corrected chi connectivity index (χ1v) is 25.3. The molecule has 0 spiro atoms. The van der Waals surface area contributed by atoms with Crippen molar-refractivity contribution >= 4 is 25.5 Å². The minimum absolute atomic E-state index is 0.00771. The number of fused-ring (bicyclic) bond motifs is 5. The zero-order valence-corrected chi connectivity index (χ0v) is 38.8. The third-order valence-electron chi connectivity index (χ3n) is 15.9. The number of hydrogen-bond acceptors (Lipinski definition) is 11. The summed E-state index contributed by atoms with van der Waals surface area (Å²) >= 11 is 0. The SMILES string of the molecule is C[C@H](CCC(=O)OCOC(=O)CCC(CP(=O)(OCc1ccccc1)OCc1ccccc1)C(=O)OCc1ccccc1)C1CCC2C3C(CC[C@@]21C)[C@@]1(C)CC[C@@H](O)C[C@H]1C[C@H]3O. The fourth-order valence-electron chi connectivity index (χ4n) is 12.4. The minimum atomic E-state index is -3.95. The van der Waals surface area contributed by atoms with Crippen LogP contribution in [-0.2, 0) is 62.0 Å². The van der Waals surface area contributed by atoms with Gasteiger partial charge in [0.2, 0.25) is 6.79 Å². The monoisotopic (exact) mass is 900 g/mol. The predicted molar refractivity (Wildman–Crippen MR) is 242 cm³/mol. The highest BCUT2D eigenvalue weighted by molar-refractivity contribution is 7.53. The number of ether oxygens (including phenoxy) is 3. The Balaban J connectivity index is 0.900. The lowest BCUT2D eigenvalue weighted by Crippen LogP contribution is -2.58. The molecule has 0 aromatic heterocycles. The van der Waals surface area contributed by atoms with Crippen LogP contribution in [0.1, 0.15) is 115 Å². The largest absolute Gasteiger partial charge is 0.461 e. The fourth-order valence-corrected chi connectivity index (χ4v) is 14.2. The molecular weight excluding hydrogens is 832 g/mol. The summed E-state index contributed by atoms with van der Waals surface area (Å²) in [6.07, 6.45) is 7.56. The molecule has 0 saturated heterocycles. The van der Waals surface area contributed by atoms with E-state index in [1.807, 2.05) is 91.0 Å². The van der Waals surface area contributed by atoms with Gasteiger partial charge in [-0.05, 0) is 127 Å². The van der Waals surface area contributed by atoms with Gasteiger partial charge in [-0.15, -0.1) is 0 Å². The van der Waals surface area contributed by atoms with Crippen LogP contribution in [0.25, 0.3) is 0 Å². The lowest BCUT2D eigenvalue weighted by atomic mass is 9.43. The van der Waals surface area contributed by atoms with Crippen LogP contribution in [0.2, 0.25) is 0 Å². The first-order chi connectivity index (χ1) is 30.8. The van der Waals surface area contributed by atoms with Crippen LogP contribution >= 0.6 is 7.60 Å². The Hall–Kier alpha value is -3.86. The molecule has 2 N–H and O–H groups in total. The number of esters is 3. The molecule has 3 aromatic carbocycles. The molecule has 0 aliphatic heterocycles. The van der Waals surface area contributed by atoms with Crippen molar-refractivity contribution in [1.82, 2.24) is 0 Å². The zero-order valence-electron chi connectivity index (χ0n) is 37.9. The predicted octanol–water partition coefficient (Wildman–Crippen LogP) is 10.2. The second-order valence-electron chi connectivity index (χ2n) is 19.8. The summed E-state index contributed by atoms with van der Waals surface area (Å²) in [5.74, 6) is -0.500. The van der Waals surface area contributed by atoms with Gasteiger partial charge in [-0.25, -0.2) is 0 Å². The highest BCUT2D eigenvalue weighted by Gasteiger charge is 2.62. The van der Waals surface area contributed by atoms with Crippen molar-refractivity contribution in [2.24, 2.45) is 52.3 Å². The minimum Gasteiger partial charge on any atom is -0.461 e. The molecule has 5 unspecified atom stereocenters. The molecule has 0 radical (unpaired) electrons. The van der Waals surface area contributed by atoms with Crippen molar-refractivity contribution in [2.45, 2.75) is 130 Å². The second kappa shape index (κ2) is 21.6. The van der Waals surface area contributed by atoms with Gasteiger partial charge >= 0.3 is 25.5 Å². The highest BCUT2D eigenvalue weighted by Crippen LogP contribution is 2.68. The maximum absolute atomic E-state index is 14.4. The summed E-state index contributed by atoms with van der Waals surface area (Å²) < 4.78 is 42.7. The number of rotatable bonds is 20. The average Bonchev–Trinajstić information content (AvgIpc) is 3.66. The van der Waals surface area contributed by atoms with Gasteiger partial charge in [0.15, 0.2) is 0 Å². The summed E-state index contributed by atoms with van der Waals surface area (Å²) in [4.78, 5) is 39.6. The maximum Gasteiger partial charge on any atom is 0.332 e. The van der Waals surface area contributed by atoms with E-state index in [-0.39, 0.29) is 80.1 Å². The van der Waals surface area contributed by atoms with Gasteiger partial charge < -0.3 is 33.5 Å². The lowest BCUT2D eigenvalue weighted by Gasteiger charge is -2.62. The molecule has 11 atom stereocenters. The van der Waals surface area contributed by atoms with Crippen LogP contribution in [0, 0.1) is 52.3 Å². The van der Waals surface area contributed by atoms with Crippen LogP contribution in [-0.4, -0.2) is 53.3 Å². The van der Waals surface area contributed by atoms with Crippen LogP contribution in [0.3, 0.4) is 0 Å². The molecule has 4 aliphatic carbocycles. The van der Waals surface area contributed by atoms with Gasteiger partial charge in [0.1, 0.15) is 6.61 Å². The summed E-state index contributed by atoms with van der Waals surface area (Å²) in [7, 11) is -3.95. The van der Waals surface area contributed by atoms with E-state index in [1.165, 1.54) is 0 Å². The second-order valence-corrected chi connectivity index (χ2v) is 21.9. The van der Waals surface area contributed by atoms with Crippen molar-refractivity contribution in [2.75, 3.05) is 13.0 Å². The Morgan fingerprint density at radius 1 is 0.672 bits per heavy atom. The molecule has 7 rings (SSSR count). The van der Waals surface area contributed by atoms with Gasteiger partial charge in [-0.3, -0.25) is 18.9 Å². The van der Waals surface area contributed by atoms with Crippen LogP contribution < -0.4 is 0 Å². The first-order valence-electron chi connectivity index (χ1n) is 23.6. The van der Waals surface area contributed by atoms with Gasteiger partial charge in [-0.2, -0.15) is 0 Å². The third-order valence-corrected chi connectivity index (χ3v) is 17.8. The van der Waals surface area contributed by atoms with E-state index in [9.17, 15) is 29.2 Å². The number of hydrogen-bond donors (Lipinski definition) is 2. The summed E-state index contributed by atoms with van der Waals surface area (Å²) in [6, 6.07) is 27.7. The standard InChI is InChI=1S/C52H69O11P/c1-36(43-21-22-44-49-45(26-28-52(43,44)3)51(2)27-25-42(53)29-41(51)30-46(49)54)19-23-47(55)60-35-61-48(56)24-20-40(50(57)59-31-37-13-7-4-8-14-37)34-64(58,62-32-38-15-9-5-10-16-38)63-33-39-17-11-6-12-18-39/h4-18,36,40-46,49,53-54H,19-35H2,1-3H3/t36-,40?,41+,42-,43?,44?,45?,46-,49?,51+,52-/m1/s1. The molecular formula is C52H69O11P. The molecule has 4 fully saturated rings. The molecule has 0 heterocycles. The van der Waals surface area contributed by atoms with Crippen LogP contribution in [0.4, 0.5) is 0 Å². The van der Waals surface area contributed by atoms with E-state index in [0.717, 1.165) is 68.1 Å². The molecule has 0 amide bonds. The molecule has 12 heteroatoms. The lowest BCUT2D eigenvalue weighted by molar-refractivity contribution is -0.174. The third kappa shape index (κ3) is 11.7. The Morgan fingerprint density at radius 2 is 1.20 bits per heavy atom. The van der Waals surface area contributed by atoms with Crippen molar-refractivity contribution in [1.29, 1.82) is 0 Å². The van der Waals surface area contributed by atoms with E-state index < -0.39 is 38.2 Å². The number of carbonyl (C=O) groups is 3. The van der Waals surface area contributed by atoms with Crippen molar-refractivity contribution in [3.05, 3.63) is 108 Å². The molecule has 4 aliphatic rings. The number of aliphatic hydroxyl groups is 2. The topological polar surface area (TPSA) is 155 Å². The van der Waals surface area contributed by atoms with Crippen molar-refractivity contribution in [3.8, 4) is 0 Å². The summed E-state index contributed by atoms with van der Waals surface area (Å²) in [5, 5.41) is 22.0. The Labute approximate surface area is 379 Å². The van der Waals surface area contributed by atoms with E-state index in [4.69, 9.17) is 23.3 Å². The summed E-state index contributed by atoms with van der Waals surface area (Å²) in [5.41, 5.74) is 2.61. The summed E-state index contributed by atoms with van der Waals surface area (Å²) in [6.45, 7) is 6.51. The molecule has 348 valence electrons. The Bertz CT molecular complexity index is 1980. The van der Waals surface area contributed by atoms with Crippen molar-refractivity contribution < 1.29 is 52.4 Å². The van der Waals surface area contributed by atoms with Crippen molar-refractivity contribution in [3.63, 3.8) is 0 Å². The molecule has 11 nitrogen and oxygen atoms in total. The number of carbonyl (C=O) groups excluding carboxylic acids is 3. The van der Waals surface area contributed by atoms with E-state index >= 15 is 0 Å². The number of benzene rings is 3. The molecule has 0 bridgehead atoms. The van der Waals surface area contributed by atoms with E-state index in [2.05, 4.69) is 20.8 Å². The van der Waals surface area contributed by atoms with Crippen LogP contribution in [0.5, 0.6) is 0 Å². The Morgan fingerprint density at radius 3 is 1.80 bits per heavy atom. The molecule has 3 aromatic rings. The van der Waals surface area contributed by atoms with Gasteiger partial charge in [0.05, 0.1) is 37.5 Å². The van der Waals surface area contributed by atoms with Gasteiger partial charge in [-0.1, -0.05) is 112 Å². The smallest absolute Gasteiger partial charge is 0.332 e. The van der Waals surface area contributed by atoms with Gasteiger partial charge in [0.25, 0.3) is 0 Å². The first kappa shape index (κ1) is 48.1. The number of aliphatic hydroxyl groups excluding tert-OH is 2. The van der Waals surface area contributed by atoms with Crippen LogP contribution in [0.15, 0.2) is 91.0 Å². The fraction of sp³-hybridized carbons (Fsp3) is 0.596. The molecule has 64 heavy (non-hydrogen) atoms. The van der Waals surface area contributed by atoms with E-state index in [0.29, 0.717) is 30.1 Å².